The van der Waals surface area contributed by atoms with Crippen LogP contribution in [0.1, 0.15) is 39.2 Å². The van der Waals surface area contributed by atoms with Crippen molar-refractivity contribution in [3.63, 3.8) is 0 Å². The van der Waals surface area contributed by atoms with E-state index < -0.39 is 0 Å². The molecule has 0 aliphatic rings. The van der Waals surface area contributed by atoms with Gasteiger partial charge in [-0.3, -0.25) is 9.79 Å². The number of rotatable bonds is 12. The van der Waals surface area contributed by atoms with Crippen molar-refractivity contribution in [2.75, 3.05) is 40.0 Å². The van der Waals surface area contributed by atoms with Crippen molar-refractivity contribution >= 4 is 11.9 Å². The van der Waals surface area contributed by atoms with Gasteiger partial charge in [-0.1, -0.05) is 6.07 Å². The lowest BCUT2D eigenvalue weighted by Gasteiger charge is -2.14. The van der Waals surface area contributed by atoms with Crippen LogP contribution < -0.4 is 20.1 Å². The number of hydrogen-bond donors (Lipinski definition) is 2. The zero-order valence-corrected chi connectivity index (χ0v) is 17.0. The highest BCUT2D eigenvalue weighted by molar-refractivity contribution is 5.79. The van der Waals surface area contributed by atoms with Crippen molar-refractivity contribution in [1.29, 1.82) is 0 Å². The quantitative estimate of drug-likeness (QED) is 0.251. The van der Waals surface area contributed by atoms with Crippen molar-refractivity contribution < 1.29 is 19.0 Å². The first kappa shape index (κ1) is 22.6. The summed E-state index contributed by atoms with van der Waals surface area (Å²) in [5.41, 5.74) is 1.16. The van der Waals surface area contributed by atoms with E-state index in [1.807, 2.05) is 39.0 Å². The van der Waals surface area contributed by atoms with Crippen LogP contribution in [0.2, 0.25) is 0 Å². The predicted octanol–water partition coefficient (Wildman–Crippen LogP) is 2.53. The lowest BCUT2D eigenvalue weighted by molar-refractivity contribution is -0.143. The zero-order valence-electron chi connectivity index (χ0n) is 17.0. The third kappa shape index (κ3) is 9.17. The molecule has 1 aromatic carbocycles. The van der Waals surface area contributed by atoms with Gasteiger partial charge in [0.05, 0.1) is 19.8 Å². The maximum absolute atomic E-state index is 11.3. The molecule has 2 N–H and O–H groups in total. The minimum absolute atomic E-state index is 0.164. The van der Waals surface area contributed by atoms with Gasteiger partial charge in [0, 0.05) is 26.6 Å². The Bertz CT molecular complexity index is 591. The lowest BCUT2D eigenvalue weighted by atomic mass is 10.1. The Morgan fingerprint density at radius 1 is 1.00 bits per heavy atom. The number of ether oxygens (including phenoxy) is 3. The Morgan fingerprint density at radius 3 is 2.37 bits per heavy atom. The Morgan fingerprint density at radius 2 is 1.70 bits per heavy atom. The summed E-state index contributed by atoms with van der Waals surface area (Å²) in [6.45, 7) is 8.76. The van der Waals surface area contributed by atoms with Crippen LogP contribution in [0.15, 0.2) is 23.2 Å². The highest BCUT2D eigenvalue weighted by Crippen LogP contribution is 2.28. The van der Waals surface area contributed by atoms with E-state index in [-0.39, 0.29) is 5.97 Å². The van der Waals surface area contributed by atoms with Gasteiger partial charge in [0.15, 0.2) is 17.5 Å². The number of carbonyl (C=O) groups is 1. The third-order valence-electron chi connectivity index (χ3n) is 3.69. The second-order valence-corrected chi connectivity index (χ2v) is 5.73. The standard InChI is InChI=1S/C20H33N3O4/c1-5-25-17-11-10-16(15-18(17)26-6-2)12-14-23-20(21-4)22-13-8-9-19(24)27-7-3/h10-11,15H,5-9,12-14H2,1-4H3,(H2,21,22,23). The van der Waals surface area contributed by atoms with E-state index in [4.69, 9.17) is 14.2 Å². The first-order valence-electron chi connectivity index (χ1n) is 9.63. The van der Waals surface area contributed by atoms with Gasteiger partial charge < -0.3 is 24.8 Å². The van der Waals surface area contributed by atoms with Gasteiger partial charge in [-0.25, -0.2) is 0 Å². The average molecular weight is 380 g/mol. The van der Waals surface area contributed by atoms with Crippen molar-refractivity contribution in [3.05, 3.63) is 23.8 Å². The highest BCUT2D eigenvalue weighted by atomic mass is 16.5. The normalized spacial score (nSPS) is 11.0. The molecule has 0 aliphatic carbocycles. The highest BCUT2D eigenvalue weighted by Gasteiger charge is 2.07. The molecule has 0 aromatic heterocycles. The number of carbonyl (C=O) groups excluding carboxylic acids is 1. The Balaban J connectivity index is 2.39. The summed E-state index contributed by atoms with van der Waals surface area (Å²) in [4.78, 5) is 15.5. The number of nitrogens with one attached hydrogen (secondary N) is 2. The van der Waals surface area contributed by atoms with Crippen molar-refractivity contribution in [3.8, 4) is 11.5 Å². The maximum atomic E-state index is 11.3. The molecule has 1 aromatic rings. The van der Waals surface area contributed by atoms with Crippen LogP contribution in [0, 0.1) is 0 Å². The van der Waals surface area contributed by atoms with E-state index in [0.29, 0.717) is 39.2 Å². The first-order valence-corrected chi connectivity index (χ1v) is 9.63. The van der Waals surface area contributed by atoms with Gasteiger partial charge >= 0.3 is 5.97 Å². The van der Waals surface area contributed by atoms with Crippen LogP contribution in [0.4, 0.5) is 0 Å². The fourth-order valence-electron chi connectivity index (χ4n) is 2.47. The molecule has 7 heteroatoms. The molecule has 0 amide bonds. The molecule has 0 saturated heterocycles. The summed E-state index contributed by atoms with van der Waals surface area (Å²) in [6.07, 6.45) is 1.94. The molecule has 7 nitrogen and oxygen atoms in total. The fourth-order valence-corrected chi connectivity index (χ4v) is 2.47. The largest absolute Gasteiger partial charge is 0.490 e. The van der Waals surface area contributed by atoms with Crippen LogP contribution in [0.3, 0.4) is 0 Å². The van der Waals surface area contributed by atoms with Crippen molar-refractivity contribution in [2.24, 2.45) is 4.99 Å². The van der Waals surface area contributed by atoms with Crippen molar-refractivity contribution in [1.82, 2.24) is 10.6 Å². The second kappa shape index (κ2) is 13.7. The zero-order chi connectivity index (χ0) is 19.9. The monoisotopic (exact) mass is 379 g/mol. The van der Waals surface area contributed by atoms with Gasteiger partial charge in [0.1, 0.15) is 0 Å². The van der Waals surface area contributed by atoms with Crippen LogP contribution in [0.25, 0.3) is 0 Å². The topological polar surface area (TPSA) is 81.2 Å². The maximum Gasteiger partial charge on any atom is 0.305 e. The number of esters is 1. The number of aliphatic imine (C=N–C) groups is 1. The molecule has 0 saturated carbocycles. The SMILES string of the molecule is CCOC(=O)CCCNC(=NC)NCCc1ccc(OCC)c(OCC)c1. The molecule has 0 unspecified atom stereocenters. The van der Waals surface area contributed by atoms with Crippen molar-refractivity contribution in [2.45, 2.75) is 40.0 Å². The van der Waals surface area contributed by atoms with E-state index in [2.05, 4.69) is 15.6 Å². The van der Waals surface area contributed by atoms with E-state index in [1.165, 1.54) is 0 Å². The Hall–Kier alpha value is -2.44. The molecule has 1 rings (SSSR count). The number of hydrogen-bond acceptors (Lipinski definition) is 5. The molecule has 0 bridgehead atoms. The molecule has 0 fully saturated rings. The van der Waals surface area contributed by atoms with Gasteiger partial charge in [0.25, 0.3) is 0 Å². The summed E-state index contributed by atoms with van der Waals surface area (Å²) in [6, 6.07) is 6.02. The minimum Gasteiger partial charge on any atom is -0.490 e. The Labute approximate surface area is 162 Å². The predicted molar refractivity (Wildman–Crippen MR) is 108 cm³/mol. The average Bonchev–Trinajstić information content (AvgIpc) is 2.66. The van der Waals surface area contributed by atoms with Gasteiger partial charge in [-0.2, -0.15) is 0 Å². The van der Waals surface area contributed by atoms with Crippen LogP contribution >= 0.6 is 0 Å². The molecule has 152 valence electrons. The van der Waals surface area contributed by atoms with Gasteiger partial charge in [-0.15, -0.1) is 0 Å². The summed E-state index contributed by atoms with van der Waals surface area (Å²) in [5.74, 6) is 2.10. The summed E-state index contributed by atoms with van der Waals surface area (Å²) >= 11 is 0. The van der Waals surface area contributed by atoms with E-state index in [1.54, 1.807) is 7.05 Å². The van der Waals surface area contributed by atoms with Crippen LogP contribution in [0.5, 0.6) is 11.5 Å². The molecule has 0 aliphatic heterocycles. The first-order chi connectivity index (χ1) is 13.1. The van der Waals surface area contributed by atoms with E-state index in [9.17, 15) is 4.79 Å². The molecule has 27 heavy (non-hydrogen) atoms. The van der Waals surface area contributed by atoms with Crippen LogP contribution in [-0.4, -0.2) is 51.9 Å². The number of benzene rings is 1. The Kier molecular flexibility index (Phi) is 11.5. The summed E-state index contributed by atoms with van der Waals surface area (Å²) < 4.78 is 16.2. The minimum atomic E-state index is -0.164. The summed E-state index contributed by atoms with van der Waals surface area (Å²) in [5, 5.41) is 6.47. The smallest absolute Gasteiger partial charge is 0.305 e. The van der Waals surface area contributed by atoms with E-state index in [0.717, 1.165) is 36.0 Å². The summed E-state index contributed by atoms with van der Waals surface area (Å²) in [7, 11) is 1.73. The third-order valence-corrected chi connectivity index (χ3v) is 3.69. The molecule has 0 radical (unpaired) electrons. The molecule has 0 heterocycles. The number of nitrogens with zero attached hydrogens (tertiary/aromatic N) is 1. The second-order valence-electron chi connectivity index (χ2n) is 5.73. The van der Waals surface area contributed by atoms with Gasteiger partial charge in [0.2, 0.25) is 0 Å². The van der Waals surface area contributed by atoms with E-state index >= 15 is 0 Å². The number of guanidine groups is 1. The van der Waals surface area contributed by atoms with Gasteiger partial charge in [-0.05, 0) is 51.3 Å². The van der Waals surface area contributed by atoms with Crippen LogP contribution in [-0.2, 0) is 16.0 Å². The fraction of sp³-hybridized carbons (Fsp3) is 0.600. The molecule has 0 spiro atoms. The molecule has 0 atom stereocenters. The molecular weight excluding hydrogens is 346 g/mol. The lowest BCUT2D eigenvalue weighted by Crippen LogP contribution is -2.38. The molecular formula is C20H33N3O4.